The highest BCUT2D eigenvalue weighted by Crippen LogP contribution is 2.19. The zero-order valence-corrected chi connectivity index (χ0v) is 17.9. The minimum atomic E-state index is -1.17. The normalized spacial score (nSPS) is 13.0. The van der Waals surface area contributed by atoms with Crippen molar-refractivity contribution in [3.8, 4) is 5.75 Å². The second-order valence-corrected chi connectivity index (χ2v) is 7.80. The van der Waals surface area contributed by atoms with Crippen molar-refractivity contribution in [2.24, 2.45) is 0 Å². The van der Waals surface area contributed by atoms with Crippen LogP contribution in [0, 0.1) is 10.1 Å². The van der Waals surface area contributed by atoms with Gasteiger partial charge >= 0.3 is 12.1 Å². The van der Waals surface area contributed by atoms with Crippen LogP contribution in [0.3, 0.4) is 0 Å². The number of nitro groups is 1. The molecule has 0 spiro atoms. The van der Waals surface area contributed by atoms with Crippen LogP contribution in [0.15, 0.2) is 54.6 Å². The van der Waals surface area contributed by atoms with Crippen molar-refractivity contribution in [1.82, 2.24) is 5.32 Å². The Bertz CT molecular complexity index is 892. The van der Waals surface area contributed by atoms with E-state index in [0.29, 0.717) is 0 Å². The molecule has 0 aliphatic heterocycles. The quantitative estimate of drug-likeness (QED) is 0.291. The minimum absolute atomic E-state index is 0.0989. The SMILES string of the molecule is CC(OCc1ccccc1)[C@@H](NC(=O)OC(C)(C)C)C(=O)Oc1ccc([N+](=O)[O-])cc1. The maximum atomic E-state index is 12.8. The molecule has 166 valence electrons. The van der Waals surface area contributed by atoms with E-state index in [2.05, 4.69) is 5.32 Å². The van der Waals surface area contributed by atoms with Crippen molar-refractivity contribution < 1.29 is 28.7 Å². The van der Waals surface area contributed by atoms with Crippen molar-refractivity contribution in [3.63, 3.8) is 0 Å². The number of non-ortho nitro benzene ring substituents is 1. The lowest BCUT2D eigenvalue weighted by atomic mass is 10.1. The van der Waals surface area contributed by atoms with Crippen LogP contribution in [0.5, 0.6) is 5.75 Å². The Kier molecular flexibility index (Phi) is 8.09. The van der Waals surface area contributed by atoms with Crippen LogP contribution in [-0.4, -0.2) is 34.7 Å². The van der Waals surface area contributed by atoms with E-state index >= 15 is 0 Å². The lowest BCUT2D eigenvalue weighted by Gasteiger charge is -2.26. The Labute approximate surface area is 180 Å². The summed E-state index contributed by atoms with van der Waals surface area (Å²) in [5, 5.41) is 13.3. The predicted octanol–water partition coefficient (Wildman–Crippen LogP) is 4.00. The summed E-state index contributed by atoms with van der Waals surface area (Å²) in [6.07, 6.45) is -1.55. The van der Waals surface area contributed by atoms with Gasteiger partial charge in [0.05, 0.1) is 17.6 Å². The van der Waals surface area contributed by atoms with Crippen LogP contribution in [0.4, 0.5) is 10.5 Å². The number of ether oxygens (including phenoxy) is 3. The molecule has 0 aliphatic rings. The fraction of sp³-hybridized carbons (Fsp3) is 0.364. The van der Waals surface area contributed by atoms with E-state index in [-0.39, 0.29) is 18.0 Å². The summed E-state index contributed by atoms with van der Waals surface area (Å²) < 4.78 is 16.3. The molecule has 0 aromatic heterocycles. The Hall–Kier alpha value is -3.46. The summed E-state index contributed by atoms with van der Waals surface area (Å²) in [5.74, 6) is -0.692. The third kappa shape index (κ3) is 8.06. The van der Waals surface area contributed by atoms with Gasteiger partial charge < -0.3 is 19.5 Å². The number of carbonyl (C=O) groups excluding carboxylic acids is 2. The smallest absolute Gasteiger partial charge is 0.408 e. The predicted molar refractivity (Wildman–Crippen MR) is 113 cm³/mol. The second-order valence-electron chi connectivity index (χ2n) is 7.80. The molecule has 2 aromatic carbocycles. The van der Waals surface area contributed by atoms with Crippen molar-refractivity contribution in [2.45, 2.75) is 52.0 Å². The number of benzene rings is 2. The van der Waals surface area contributed by atoms with E-state index in [0.717, 1.165) is 5.56 Å². The van der Waals surface area contributed by atoms with Gasteiger partial charge in [-0.15, -0.1) is 0 Å². The third-order valence-electron chi connectivity index (χ3n) is 4.02. The Morgan fingerprint density at radius 2 is 1.68 bits per heavy atom. The van der Waals surface area contributed by atoms with Crippen LogP contribution in [0.2, 0.25) is 0 Å². The Morgan fingerprint density at radius 3 is 2.23 bits per heavy atom. The van der Waals surface area contributed by atoms with E-state index in [1.54, 1.807) is 27.7 Å². The standard InChI is InChI=1S/C22H26N2O7/c1-15(29-14-16-8-6-5-7-9-16)19(23-21(26)31-22(2,3)4)20(25)30-18-12-10-17(11-13-18)24(27)28/h5-13,15,19H,14H2,1-4H3,(H,23,26)/t15?,19-/m1/s1. The first-order valence-corrected chi connectivity index (χ1v) is 9.66. The monoisotopic (exact) mass is 430 g/mol. The van der Waals surface area contributed by atoms with E-state index in [4.69, 9.17) is 14.2 Å². The molecule has 2 atom stereocenters. The van der Waals surface area contributed by atoms with Crippen molar-refractivity contribution in [3.05, 3.63) is 70.3 Å². The molecule has 9 nitrogen and oxygen atoms in total. The van der Waals surface area contributed by atoms with Gasteiger partial charge in [0, 0.05) is 12.1 Å². The fourth-order valence-electron chi connectivity index (χ4n) is 2.52. The summed E-state index contributed by atoms with van der Waals surface area (Å²) in [6, 6.07) is 13.2. The highest BCUT2D eigenvalue weighted by Gasteiger charge is 2.31. The number of hydrogen-bond acceptors (Lipinski definition) is 7. The zero-order valence-electron chi connectivity index (χ0n) is 17.9. The zero-order chi connectivity index (χ0) is 23.0. The third-order valence-corrected chi connectivity index (χ3v) is 4.02. The van der Waals surface area contributed by atoms with Gasteiger partial charge in [-0.2, -0.15) is 0 Å². The molecular formula is C22H26N2O7. The maximum absolute atomic E-state index is 12.8. The van der Waals surface area contributed by atoms with Crippen LogP contribution in [0.1, 0.15) is 33.3 Å². The summed E-state index contributed by atoms with van der Waals surface area (Å²) in [5.41, 5.74) is 0.00212. The highest BCUT2D eigenvalue weighted by molar-refractivity contribution is 5.83. The van der Waals surface area contributed by atoms with Crippen LogP contribution in [-0.2, 0) is 20.9 Å². The molecule has 0 heterocycles. The average molecular weight is 430 g/mol. The van der Waals surface area contributed by atoms with Gasteiger partial charge in [0.25, 0.3) is 5.69 Å². The Morgan fingerprint density at radius 1 is 1.06 bits per heavy atom. The van der Waals surface area contributed by atoms with Gasteiger partial charge in [0.2, 0.25) is 0 Å². The molecule has 2 rings (SSSR count). The number of hydrogen-bond donors (Lipinski definition) is 1. The van der Waals surface area contributed by atoms with E-state index < -0.39 is 34.7 Å². The first kappa shape index (κ1) is 23.8. The van der Waals surface area contributed by atoms with Gasteiger partial charge in [0.1, 0.15) is 11.4 Å². The highest BCUT2D eigenvalue weighted by atomic mass is 16.6. The summed E-state index contributed by atoms with van der Waals surface area (Å²) in [4.78, 5) is 35.3. The first-order chi connectivity index (χ1) is 14.5. The fourth-order valence-corrected chi connectivity index (χ4v) is 2.52. The number of nitro benzene ring substituents is 1. The van der Waals surface area contributed by atoms with Gasteiger partial charge in [-0.05, 0) is 45.4 Å². The van der Waals surface area contributed by atoms with Crippen LogP contribution in [0.25, 0.3) is 0 Å². The second kappa shape index (κ2) is 10.5. The average Bonchev–Trinajstić information content (AvgIpc) is 2.70. The van der Waals surface area contributed by atoms with E-state index in [1.807, 2.05) is 30.3 Å². The summed E-state index contributed by atoms with van der Waals surface area (Å²) in [7, 11) is 0. The molecule has 0 saturated heterocycles. The first-order valence-electron chi connectivity index (χ1n) is 9.66. The lowest BCUT2D eigenvalue weighted by molar-refractivity contribution is -0.384. The number of amides is 1. The number of carbonyl (C=O) groups is 2. The van der Waals surface area contributed by atoms with Gasteiger partial charge in [-0.25, -0.2) is 9.59 Å². The molecular weight excluding hydrogens is 404 g/mol. The summed E-state index contributed by atoms with van der Waals surface area (Å²) >= 11 is 0. The van der Waals surface area contributed by atoms with Gasteiger partial charge in [0.15, 0.2) is 6.04 Å². The number of alkyl carbamates (subject to hydrolysis) is 1. The molecule has 2 aromatic rings. The molecule has 1 amide bonds. The number of esters is 1. The van der Waals surface area contributed by atoms with E-state index in [9.17, 15) is 19.7 Å². The van der Waals surface area contributed by atoms with Gasteiger partial charge in [-0.3, -0.25) is 10.1 Å². The molecule has 31 heavy (non-hydrogen) atoms. The van der Waals surface area contributed by atoms with Gasteiger partial charge in [-0.1, -0.05) is 30.3 Å². The molecule has 1 unspecified atom stereocenters. The lowest BCUT2D eigenvalue weighted by Crippen LogP contribution is -2.51. The van der Waals surface area contributed by atoms with Crippen molar-refractivity contribution in [2.75, 3.05) is 0 Å². The number of rotatable bonds is 8. The largest absolute Gasteiger partial charge is 0.444 e. The van der Waals surface area contributed by atoms with Crippen molar-refractivity contribution in [1.29, 1.82) is 0 Å². The maximum Gasteiger partial charge on any atom is 0.408 e. The molecule has 1 N–H and O–H groups in total. The number of nitrogens with one attached hydrogen (secondary N) is 1. The molecule has 0 radical (unpaired) electrons. The molecule has 0 fully saturated rings. The van der Waals surface area contributed by atoms with E-state index in [1.165, 1.54) is 24.3 Å². The minimum Gasteiger partial charge on any atom is -0.444 e. The molecule has 0 aliphatic carbocycles. The Balaban J connectivity index is 2.11. The topological polar surface area (TPSA) is 117 Å². The molecule has 0 saturated carbocycles. The molecule has 9 heteroatoms. The van der Waals surface area contributed by atoms with Crippen molar-refractivity contribution >= 4 is 17.7 Å². The summed E-state index contributed by atoms with van der Waals surface area (Å²) in [6.45, 7) is 6.95. The van der Waals surface area contributed by atoms with Crippen LogP contribution < -0.4 is 10.1 Å². The number of nitrogens with zero attached hydrogens (tertiary/aromatic N) is 1. The molecule has 0 bridgehead atoms. The van der Waals surface area contributed by atoms with Crippen LogP contribution >= 0.6 is 0 Å².